The van der Waals surface area contributed by atoms with E-state index in [0.717, 1.165) is 33.7 Å². The van der Waals surface area contributed by atoms with E-state index in [0.29, 0.717) is 17.9 Å². The Labute approximate surface area is 212 Å². The highest BCUT2D eigenvalue weighted by Crippen LogP contribution is 2.46. The standard InChI is InChI=1S/C28H31NO6S/c1-17(2)25-15-29(36(32,33)23-10-11-26(18(3)13-23)35-16-27(30)31)28-19(4)12-21(14-24(25)28)20-6-8-22(34-5)9-7-20/h6-14,17,25H,15-16H2,1-5H3,(H,30,31). The fourth-order valence-electron chi connectivity index (χ4n) is 4.75. The van der Waals surface area contributed by atoms with Gasteiger partial charge in [0.2, 0.25) is 0 Å². The molecule has 36 heavy (non-hydrogen) atoms. The number of aryl methyl sites for hydroxylation is 2. The Hall–Kier alpha value is -3.52. The number of anilines is 1. The Morgan fingerprint density at radius 2 is 1.72 bits per heavy atom. The summed E-state index contributed by atoms with van der Waals surface area (Å²) in [7, 11) is -2.22. The molecule has 1 aliphatic heterocycles. The molecular weight excluding hydrogens is 478 g/mol. The van der Waals surface area contributed by atoms with Gasteiger partial charge in [0.15, 0.2) is 6.61 Å². The number of carboxylic acids is 1. The van der Waals surface area contributed by atoms with Gasteiger partial charge in [-0.3, -0.25) is 4.31 Å². The Morgan fingerprint density at radius 3 is 2.31 bits per heavy atom. The molecule has 0 saturated carbocycles. The first-order valence-corrected chi connectivity index (χ1v) is 13.2. The highest BCUT2D eigenvalue weighted by molar-refractivity contribution is 7.92. The van der Waals surface area contributed by atoms with Gasteiger partial charge in [-0.15, -0.1) is 0 Å². The van der Waals surface area contributed by atoms with Gasteiger partial charge in [0.1, 0.15) is 11.5 Å². The van der Waals surface area contributed by atoms with Crippen molar-refractivity contribution >= 4 is 21.7 Å². The average molecular weight is 510 g/mol. The largest absolute Gasteiger partial charge is 0.497 e. The molecule has 190 valence electrons. The SMILES string of the molecule is COc1ccc(-c2cc(C)c3c(c2)C(C(C)C)CN3S(=O)(=O)c2ccc(OCC(=O)O)c(C)c2)cc1. The molecule has 0 fully saturated rings. The molecule has 1 unspecified atom stereocenters. The zero-order valence-electron chi connectivity index (χ0n) is 21.1. The van der Waals surface area contributed by atoms with E-state index in [1.165, 1.54) is 22.5 Å². The number of fused-ring (bicyclic) bond motifs is 1. The molecule has 1 N–H and O–H groups in total. The third-order valence-electron chi connectivity index (χ3n) is 6.65. The van der Waals surface area contributed by atoms with E-state index in [4.69, 9.17) is 14.6 Å². The van der Waals surface area contributed by atoms with Gasteiger partial charge in [0.25, 0.3) is 10.0 Å². The van der Waals surface area contributed by atoms with E-state index in [1.807, 2.05) is 37.3 Å². The Balaban J connectivity index is 1.75. The minimum absolute atomic E-state index is 0.0472. The first-order chi connectivity index (χ1) is 17.0. The van der Waals surface area contributed by atoms with Crippen LogP contribution < -0.4 is 13.8 Å². The summed E-state index contributed by atoms with van der Waals surface area (Å²) >= 11 is 0. The van der Waals surface area contributed by atoms with Gasteiger partial charge in [-0.1, -0.05) is 26.0 Å². The predicted molar refractivity (Wildman–Crippen MR) is 140 cm³/mol. The lowest BCUT2D eigenvalue weighted by molar-refractivity contribution is -0.139. The molecular formula is C28H31NO6S. The van der Waals surface area contributed by atoms with Gasteiger partial charge in [0, 0.05) is 12.5 Å². The Bertz CT molecular complexity index is 1400. The number of hydrogen-bond acceptors (Lipinski definition) is 5. The maximum atomic E-state index is 13.8. The van der Waals surface area contributed by atoms with Crippen LogP contribution in [0.4, 0.5) is 5.69 Å². The normalized spacial score (nSPS) is 15.2. The third-order valence-corrected chi connectivity index (χ3v) is 8.42. The number of ether oxygens (including phenoxy) is 2. The molecule has 0 bridgehead atoms. The monoisotopic (exact) mass is 509 g/mol. The molecule has 1 aliphatic rings. The smallest absolute Gasteiger partial charge is 0.341 e. The van der Waals surface area contributed by atoms with E-state index < -0.39 is 22.6 Å². The number of hydrogen-bond donors (Lipinski definition) is 1. The van der Waals surface area contributed by atoms with Gasteiger partial charge in [-0.2, -0.15) is 0 Å². The Kier molecular flexibility index (Phi) is 7.00. The number of benzene rings is 3. The highest BCUT2D eigenvalue weighted by atomic mass is 32.2. The molecule has 7 nitrogen and oxygen atoms in total. The van der Waals surface area contributed by atoms with Crippen molar-refractivity contribution in [2.45, 2.75) is 38.5 Å². The lowest BCUT2D eigenvalue weighted by Gasteiger charge is -2.23. The summed E-state index contributed by atoms with van der Waals surface area (Å²) in [4.78, 5) is 11.0. The van der Waals surface area contributed by atoms with Crippen molar-refractivity contribution in [3.8, 4) is 22.6 Å². The van der Waals surface area contributed by atoms with E-state index in [-0.39, 0.29) is 16.7 Å². The van der Waals surface area contributed by atoms with E-state index in [1.54, 1.807) is 14.0 Å². The van der Waals surface area contributed by atoms with Crippen molar-refractivity contribution in [3.05, 3.63) is 71.3 Å². The first-order valence-electron chi connectivity index (χ1n) is 11.8. The second kappa shape index (κ2) is 9.85. The van der Waals surface area contributed by atoms with Crippen molar-refractivity contribution in [3.63, 3.8) is 0 Å². The molecule has 3 aromatic rings. The van der Waals surface area contributed by atoms with E-state index in [9.17, 15) is 13.2 Å². The summed E-state index contributed by atoms with van der Waals surface area (Å²) in [5.41, 5.74) is 5.28. The third kappa shape index (κ3) is 4.78. The van der Waals surface area contributed by atoms with Gasteiger partial charge in [0.05, 0.1) is 17.7 Å². The summed E-state index contributed by atoms with van der Waals surface area (Å²) in [6.45, 7) is 7.75. The van der Waals surface area contributed by atoms with Crippen molar-refractivity contribution in [1.82, 2.24) is 0 Å². The fraction of sp³-hybridized carbons (Fsp3) is 0.321. The number of rotatable bonds is 8. The lowest BCUT2D eigenvalue weighted by atomic mass is 9.87. The molecule has 0 amide bonds. The van der Waals surface area contributed by atoms with Gasteiger partial charge in [-0.05, 0) is 90.0 Å². The molecule has 3 aromatic carbocycles. The molecule has 0 spiro atoms. The molecule has 0 aromatic heterocycles. The molecule has 0 aliphatic carbocycles. The predicted octanol–water partition coefficient (Wildman–Crippen LogP) is 5.39. The zero-order valence-corrected chi connectivity index (χ0v) is 21.9. The second-order valence-electron chi connectivity index (χ2n) is 9.46. The number of nitrogens with zero attached hydrogens (tertiary/aromatic N) is 1. The van der Waals surface area contributed by atoms with Crippen molar-refractivity contribution in [2.24, 2.45) is 5.92 Å². The fourth-order valence-corrected chi connectivity index (χ4v) is 6.41. The minimum atomic E-state index is -3.85. The summed E-state index contributed by atoms with van der Waals surface area (Å²) in [6, 6.07) is 16.5. The lowest BCUT2D eigenvalue weighted by Crippen LogP contribution is -2.31. The van der Waals surface area contributed by atoms with Crippen LogP contribution in [0.3, 0.4) is 0 Å². The van der Waals surface area contributed by atoms with Gasteiger partial charge in [-0.25, -0.2) is 13.2 Å². The summed E-state index contributed by atoms with van der Waals surface area (Å²) in [5, 5.41) is 8.86. The van der Waals surface area contributed by atoms with Crippen LogP contribution in [0.25, 0.3) is 11.1 Å². The van der Waals surface area contributed by atoms with Crippen LogP contribution in [0.15, 0.2) is 59.5 Å². The van der Waals surface area contributed by atoms with E-state index >= 15 is 0 Å². The molecule has 1 heterocycles. The van der Waals surface area contributed by atoms with Gasteiger partial charge < -0.3 is 14.6 Å². The van der Waals surface area contributed by atoms with Crippen LogP contribution in [-0.4, -0.2) is 39.8 Å². The van der Waals surface area contributed by atoms with Crippen molar-refractivity contribution < 1.29 is 27.8 Å². The summed E-state index contributed by atoms with van der Waals surface area (Å²) in [5.74, 6) is 0.320. The van der Waals surface area contributed by atoms with Crippen molar-refractivity contribution in [1.29, 1.82) is 0 Å². The minimum Gasteiger partial charge on any atom is -0.497 e. The second-order valence-corrected chi connectivity index (χ2v) is 11.3. The van der Waals surface area contributed by atoms with E-state index in [2.05, 4.69) is 19.9 Å². The Morgan fingerprint density at radius 1 is 1.03 bits per heavy atom. The molecule has 8 heteroatoms. The maximum Gasteiger partial charge on any atom is 0.341 e. The summed E-state index contributed by atoms with van der Waals surface area (Å²) in [6.07, 6.45) is 0. The topological polar surface area (TPSA) is 93.1 Å². The number of aliphatic carboxylic acids is 1. The van der Waals surface area contributed by atoms with Crippen LogP contribution in [0.2, 0.25) is 0 Å². The number of methoxy groups -OCH3 is 1. The average Bonchev–Trinajstić information content (AvgIpc) is 3.24. The van der Waals surface area contributed by atoms with Crippen LogP contribution in [0, 0.1) is 19.8 Å². The van der Waals surface area contributed by atoms with Crippen LogP contribution >= 0.6 is 0 Å². The van der Waals surface area contributed by atoms with Gasteiger partial charge >= 0.3 is 5.97 Å². The van der Waals surface area contributed by atoms with Crippen molar-refractivity contribution in [2.75, 3.05) is 24.6 Å². The van der Waals surface area contributed by atoms with Crippen LogP contribution in [-0.2, 0) is 14.8 Å². The first kappa shape index (κ1) is 25.6. The summed E-state index contributed by atoms with van der Waals surface area (Å²) < 4.78 is 39.8. The number of carboxylic acid groups (broad SMARTS) is 1. The maximum absolute atomic E-state index is 13.8. The molecule has 4 rings (SSSR count). The highest BCUT2D eigenvalue weighted by Gasteiger charge is 2.39. The number of carbonyl (C=O) groups is 1. The van der Waals surface area contributed by atoms with Crippen LogP contribution in [0.5, 0.6) is 11.5 Å². The number of sulfonamides is 1. The zero-order chi connectivity index (χ0) is 26.2. The molecule has 0 radical (unpaired) electrons. The quantitative estimate of drug-likeness (QED) is 0.438. The molecule has 0 saturated heterocycles. The van der Waals surface area contributed by atoms with Crippen LogP contribution in [0.1, 0.15) is 36.5 Å². The molecule has 1 atom stereocenters.